The van der Waals surface area contributed by atoms with E-state index in [9.17, 15) is 0 Å². The summed E-state index contributed by atoms with van der Waals surface area (Å²) in [6.45, 7) is 13.7. The first kappa shape index (κ1) is 22.7. The zero-order chi connectivity index (χ0) is 16.9. The number of nitrogens with zero attached hydrogens (tertiary/aromatic N) is 1. The number of halogens is 1. The number of aryl methyl sites for hydroxylation is 1. The van der Waals surface area contributed by atoms with Crippen LogP contribution < -0.4 is 15.4 Å². The van der Waals surface area contributed by atoms with E-state index in [0.717, 1.165) is 23.8 Å². The minimum absolute atomic E-state index is 0. The molecule has 0 saturated carbocycles. The van der Waals surface area contributed by atoms with Crippen LogP contribution in [0.4, 0.5) is 0 Å². The Bertz CT molecular complexity index is 507. The lowest BCUT2D eigenvalue weighted by Gasteiger charge is -2.13. The molecule has 1 aromatic rings. The molecule has 0 bridgehead atoms. The predicted octanol–water partition coefficient (Wildman–Crippen LogP) is 3.27. The van der Waals surface area contributed by atoms with Gasteiger partial charge in [0, 0.05) is 25.3 Å². The molecule has 1 rings (SSSR count). The van der Waals surface area contributed by atoms with Gasteiger partial charge in [0.1, 0.15) is 12.4 Å². The molecular formula is C18H30IN3O2. The number of nitrogens with one attached hydrogen (secondary N) is 2. The molecule has 0 spiro atoms. The Morgan fingerprint density at radius 1 is 1.25 bits per heavy atom. The third kappa shape index (κ3) is 9.12. The molecule has 5 nitrogen and oxygen atoms in total. The molecule has 0 saturated heterocycles. The van der Waals surface area contributed by atoms with Gasteiger partial charge in [-0.1, -0.05) is 18.2 Å². The van der Waals surface area contributed by atoms with Crippen LogP contribution in [0.15, 0.2) is 35.8 Å². The van der Waals surface area contributed by atoms with Crippen molar-refractivity contribution in [3.63, 3.8) is 0 Å². The summed E-state index contributed by atoms with van der Waals surface area (Å²) in [5.41, 5.74) is 2.23. The molecule has 0 amide bonds. The van der Waals surface area contributed by atoms with Crippen molar-refractivity contribution in [2.24, 2.45) is 4.99 Å². The molecule has 0 atom stereocenters. The van der Waals surface area contributed by atoms with Crippen LogP contribution in [-0.2, 0) is 11.3 Å². The lowest BCUT2D eigenvalue weighted by atomic mass is 10.1. The van der Waals surface area contributed by atoms with E-state index in [2.05, 4.69) is 41.3 Å². The van der Waals surface area contributed by atoms with Crippen LogP contribution in [-0.4, -0.2) is 38.9 Å². The average molecular weight is 447 g/mol. The van der Waals surface area contributed by atoms with E-state index in [1.165, 1.54) is 5.56 Å². The standard InChI is InChI=1S/C18H29N3O2.HI/c1-5-10-20-18(19-6-2)21-14-16-9-8-15(4)13-17(16)23-12-11-22-7-3;/h5,8-9,13H,1,6-7,10-12,14H2,2-4H3,(H2,19,20,21);1H. The highest BCUT2D eigenvalue weighted by atomic mass is 127. The molecule has 0 aliphatic carbocycles. The maximum Gasteiger partial charge on any atom is 0.191 e. The highest BCUT2D eigenvalue weighted by molar-refractivity contribution is 14.0. The van der Waals surface area contributed by atoms with Gasteiger partial charge in [0.2, 0.25) is 0 Å². The Morgan fingerprint density at radius 2 is 2.04 bits per heavy atom. The second-order valence-electron chi connectivity index (χ2n) is 5.02. The molecule has 0 unspecified atom stereocenters. The Morgan fingerprint density at radius 3 is 2.71 bits per heavy atom. The minimum Gasteiger partial charge on any atom is -0.491 e. The number of hydrogen-bond acceptors (Lipinski definition) is 3. The van der Waals surface area contributed by atoms with Crippen molar-refractivity contribution in [1.29, 1.82) is 0 Å². The van der Waals surface area contributed by atoms with Crippen LogP contribution in [0, 0.1) is 6.92 Å². The number of ether oxygens (including phenoxy) is 2. The van der Waals surface area contributed by atoms with Crippen LogP contribution in [0.3, 0.4) is 0 Å². The highest BCUT2D eigenvalue weighted by Crippen LogP contribution is 2.21. The second kappa shape index (κ2) is 14.1. The summed E-state index contributed by atoms with van der Waals surface area (Å²) in [6.07, 6.45) is 1.81. The number of rotatable bonds is 10. The topological polar surface area (TPSA) is 54.9 Å². The Labute approximate surface area is 162 Å². The first-order valence-corrected chi connectivity index (χ1v) is 8.14. The fourth-order valence-corrected chi connectivity index (χ4v) is 1.96. The third-order valence-corrected chi connectivity index (χ3v) is 3.08. The van der Waals surface area contributed by atoms with Crippen LogP contribution in [0.25, 0.3) is 0 Å². The fraction of sp³-hybridized carbons (Fsp3) is 0.500. The highest BCUT2D eigenvalue weighted by Gasteiger charge is 2.05. The van der Waals surface area contributed by atoms with E-state index in [0.29, 0.717) is 32.9 Å². The average Bonchev–Trinajstić information content (AvgIpc) is 2.55. The molecule has 0 radical (unpaired) electrons. The molecule has 136 valence electrons. The first-order chi connectivity index (χ1) is 11.2. The molecule has 0 heterocycles. The smallest absolute Gasteiger partial charge is 0.191 e. The summed E-state index contributed by atoms with van der Waals surface area (Å²) in [4.78, 5) is 4.59. The van der Waals surface area contributed by atoms with Crippen molar-refractivity contribution in [3.05, 3.63) is 42.0 Å². The quantitative estimate of drug-likeness (QED) is 0.190. The van der Waals surface area contributed by atoms with Gasteiger partial charge in [0.05, 0.1) is 13.2 Å². The number of aliphatic imine (C=N–C) groups is 1. The van der Waals surface area contributed by atoms with Crippen LogP contribution in [0.1, 0.15) is 25.0 Å². The molecule has 0 fully saturated rings. The van der Waals surface area contributed by atoms with Crippen molar-refractivity contribution < 1.29 is 9.47 Å². The van der Waals surface area contributed by atoms with Gasteiger partial charge in [-0.2, -0.15) is 0 Å². The van der Waals surface area contributed by atoms with Crippen LogP contribution in [0.5, 0.6) is 5.75 Å². The first-order valence-electron chi connectivity index (χ1n) is 8.14. The van der Waals surface area contributed by atoms with Gasteiger partial charge >= 0.3 is 0 Å². The van der Waals surface area contributed by atoms with Crippen molar-refractivity contribution >= 4 is 29.9 Å². The number of guanidine groups is 1. The summed E-state index contributed by atoms with van der Waals surface area (Å²) in [6, 6.07) is 6.18. The van der Waals surface area contributed by atoms with Crippen molar-refractivity contribution in [1.82, 2.24) is 10.6 Å². The normalized spacial score (nSPS) is 10.7. The summed E-state index contributed by atoms with van der Waals surface area (Å²) >= 11 is 0. The molecule has 1 aromatic carbocycles. The fourth-order valence-electron chi connectivity index (χ4n) is 1.96. The molecular weight excluding hydrogens is 417 g/mol. The monoisotopic (exact) mass is 447 g/mol. The lowest BCUT2D eigenvalue weighted by Crippen LogP contribution is -2.37. The van der Waals surface area contributed by atoms with Gasteiger partial charge in [-0.3, -0.25) is 0 Å². The van der Waals surface area contributed by atoms with Gasteiger partial charge in [0.25, 0.3) is 0 Å². The van der Waals surface area contributed by atoms with E-state index < -0.39 is 0 Å². The Balaban J connectivity index is 0.00000529. The molecule has 24 heavy (non-hydrogen) atoms. The molecule has 2 N–H and O–H groups in total. The summed E-state index contributed by atoms with van der Waals surface area (Å²) in [5, 5.41) is 6.40. The zero-order valence-corrected chi connectivity index (χ0v) is 17.3. The Hall–Kier alpha value is -1.28. The summed E-state index contributed by atoms with van der Waals surface area (Å²) in [7, 11) is 0. The van der Waals surface area contributed by atoms with E-state index in [4.69, 9.17) is 9.47 Å². The summed E-state index contributed by atoms with van der Waals surface area (Å²) in [5.74, 6) is 1.64. The van der Waals surface area contributed by atoms with Gasteiger partial charge in [-0.25, -0.2) is 4.99 Å². The lowest BCUT2D eigenvalue weighted by molar-refractivity contribution is 0.110. The molecule has 0 aliphatic rings. The van der Waals surface area contributed by atoms with Crippen LogP contribution >= 0.6 is 24.0 Å². The minimum atomic E-state index is 0. The SMILES string of the molecule is C=CCNC(=NCc1ccc(C)cc1OCCOCC)NCC.I. The van der Waals surface area contributed by atoms with Gasteiger partial charge in [-0.05, 0) is 32.4 Å². The van der Waals surface area contributed by atoms with E-state index in [1.54, 1.807) is 6.08 Å². The van der Waals surface area contributed by atoms with Gasteiger partial charge < -0.3 is 20.1 Å². The largest absolute Gasteiger partial charge is 0.491 e. The molecule has 6 heteroatoms. The Kier molecular flexibility index (Phi) is 13.3. The van der Waals surface area contributed by atoms with E-state index >= 15 is 0 Å². The van der Waals surface area contributed by atoms with E-state index in [-0.39, 0.29) is 24.0 Å². The predicted molar refractivity (Wildman–Crippen MR) is 112 cm³/mol. The second-order valence-corrected chi connectivity index (χ2v) is 5.02. The zero-order valence-electron chi connectivity index (χ0n) is 14.9. The van der Waals surface area contributed by atoms with Crippen molar-refractivity contribution in [3.8, 4) is 5.75 Å². The molecule has 0 aromatic heterocycles. The molecule has 0 aliphatic heterocycles. The van der Waals surface area contributed by atoms with E-state index in [1.807, 2.05) is 19.9 Å². The maximum absolute atomic E-state index is 5.84. The van der Waals surface area contributed by atoms with Crippen molar-refractivity contribution in [2.75, 3.05) is 32.9 Å². The van der Waals surface area contributed by atoms with Crippen molar-refractivity contribution in [2.45, 2.75) is 27.3 Å². The van der Waals surface area contributed by atoms with Gasteiger partial charge in [-0.15, -0.1) is 30.6 Å². The third-order valence-electron chi connectivity index (χ3n) is 3.08. The number of benzene rings is 1. The van der Waals surface area contributed by atoms with Crippen LogP contribution in [0.2, 0.25) is 0 Å². The summed E-state index contributed by atoms with van der Waals surface area (Å²) < 4.78 is 11.2. The maximum atomic E-state index is 5.84. The van der Waals surface area contributed by atoms with Gasteiger partial charge in [0.15, 0.2) is 5.96 Å². The number of hydrogen-bond donors (Lipinski definition) is 2.